The zero-order valence-electron chi connectivity index (χ0n) is 16.1. The molecule has 0 radical (unpaired) electrons. The number of nitrogens with zero attached hydrogens (tertiary/aromatic N) is 2. The molecule has 1 amide bonds. The Bertz CT molecular complexity index is 1140. The molecule has 0 unspecified atom stereocenters. The summed E-state index contributed by atoms with van der Waals surface area (Å²) in [7, 11) is -4.30. The minimum Gasteiger partial charge on any atom is -0.349 e. The lowest BCUT2D eigenvalue weighted by molar-refractivity contribution is -0.137. The normalized spacial score (nSPS) is 11.7. The van der Waals surface area contributed by atoms with Crippen molar-refractivity contribution in [2.24, 2.45) is 0 Å². The number of benzene rings is 2. The third-order valence-electron chi connectivity index (χ3n) is 4.27. The van der Waals surface area contributed by atoms with E-state index in [4.69, 9.17) is 0 Å². The van der Waals surface area contributed by atoms with Crippen LogP contribution < -0.4 is 9.62 Å². The van der Waals surface area contributed by atoms with Gasteiger partial charge in [-0.05, 0) is 42.5 Å². The maximum absolute atomic E-state index is 13.2. The van der Waals surface area contributed by atoms with Crippen molar-refractivity contribution >= 4 is 21.6 Å². The fraction of sp³-hybridized carbons (Fsp3) is 0.143. The molecule has 6 nitrogen and oxygen atoms in total. The summed E-state index contributed by atoms with van der Waals surface area (Å²) in [6.45, 7) is -0.660. The molecular formula is C21H18F3N3O3S. The molecule has 1 heterocycles. The molecule has 0 aliphatic rings. The Labute approximate surface area is 177 Å². The number of halogens is 3. The van der Waals surface area contributed by atoms with Crippen LogP contribution in [0.3, 0.4) is 0 Å². The van der Waals surface area contributed by atoms with E-state index >= 15 is 0 Å². The number of rotatable bonds is 7. The number of hydrogen-bond donors (Lipinski definition) is 1. The summed E-state index contributed by atoms with van der Waals surface area (Å²) in [4.78, 5) is 16.4. The van der Waals surface area contributed by atoms with Gasteiger partial charge in [0.05, 0.1) is 28.4 Å². The summed E-state index contributed by atoms with van der Waals surface area (Å²) >= 11 is 0. The molecule has 2 aromatic carbocycles. The predicted octanol–water partition coefficient (Wildman–Crippen LogP) is 3.61. The van der Waals surface area contributed by atoms with Gasteiger partial charge in [-0.2, -0.15) is 13.2 Å². The maximum Gasteiger partial charge on any atom is 0.416 e. The van der Waals surface area contributed by atoms with E-state index in [9.17, 15) is 26.4 Å². The number of sulfonamides is 1. The Morgan fingerprint density at radius 1 is 0.968 bits per heavy atom. The highest BCUT2D eigenvalue weighted by Crippen LogP contribution is 2.33. The van der Waals surface area contributed by atoms with Crippen molar-refractivity contribution < 1.29 is 26.4 Å². The lowest BCUT2D eigenvalue weighted by Gasteiger charge is -2.25. The molecule has 0 saturated carbocycles. The first-order chi connectivity index (χ1) is 14.7. The van der Waals surface area contributed by atoms with E-state index < -0.39 is 34.2 Å². The van der Waals surface area contributed by atoms with Crippen molar-refractivity contribution in [1.82, 2.24) is 10.3 Å². The second-order valence-corrected chi connectivity index (χ2v) is 8.33. The van der Waals surface area contributed by atoms with Crippen LogP contribution in [0.1, 0.15) is 11.3 Å². The zero-order chi connectivity index (χ0) is 22.5. The molecule has 3 rings (SSSR count). The minimum atomic E-state index is -4.67. The molecule has 162 valence electrons. The molecule has 3 aromatic rings. The van der Waals surface area contributed by atoms with E-state index in [2.05, 4.69) is 10.3 Å². The summed E-state index contributed by atoms with van der Waals surface area (Å²) in [5.74, 6) is -0.692. The molecule has 1 aromatic heterocycles. The van der Waals surface area contributed by atoms with Gasteiger partial charge in [0, 0.05) is 6.20 Å². The molecular weight excluding hydrogens is 431 g/mol. The number of pyridine rings is 1. The molecule has 10 heteroatoms. The van der Waals surface area contributed by atoms with Gasteiger partial charge in [-0.15, -0.1) is 0 Å². The Morgan fingerprint density at radius 3 is 2.32 bits per heavy atom. The summed E-state index contributed by atoms with van der Waals surface area (Å²) < 4.78 is 66.5. The SMILES string of the molecule is O=C(CN(c1cccc(C(F)(F)F)c1)S(=O)(=O)c1ccccc1)NCc1ccccn1. The Kier molecular flexibility index (Phi) is 6.59. The van der Waals surface area contributed by atoms with Gasteiger partial charge in [0.15, 0.2) is 0 Å². The second kappa shape index (κ2) is 9.17. The maximum atomic E-state index is 13.2. The predicted molar refractivity (Wildman–Crippen MR) is 109 cm³/mol. The highest BCUT2D eigenvalue weighted by Gasteiger charge is 2.33. The lowest BCUT2D eigenvalue weighted by Crippen LogP contribution is -2.40. The largest absolute Gasteiger partial charge is 0.416 e. The number of carbonyl (C=O) groups excluding carboxylic acids is 1. The average Bonchev–Trinajstić information content (AvgIpc) is 2.77. The van der Waals surface area contributed by atoms with Crippen molar-refractivity contribution in [2.45, 2.75) is 17.6 Å². The standard InChI is InChI=1S/C21H18F3N3O3S/c22-21(23,24)16-7-6-9-18(13-16)27(31(29,30)19-10-2-1-3-11-19)15-20(28)26-14-17-8-4-5-12-25-17/h1-13H,14-15H2,(H,26,28). The number of nitrogens with one attached hydrogen (secondary N) is 1. The van der Waals surface area contributed by atoms with Gasteiger partial charge in [-0.3, -0.25) is 14.1 Å². The Morgan fingerprint density at radius 2 is 1.68 bits per heavy atom. The van der Waals surface area contributed by atoms with Crippen LogP contribution in [0.4, 0.5) is 18.9 Å². The van der Waals surface area contributed by atoms with Crippen LogP contribution in [0, 0.1) is 0 Å². The molecule has 0 atom stereocenters. The molecule has 0 aliphatic heterocycles. The summed E-state index contributed by atoms with van der Waals surface area (Å²) in [5.41, 5.74) is -0.744. The molecule has 0 saturated heterocycles. The van der Waals surface area contributed by atoms with E-state index in [0.717, 1.165) is 12.1 Å². The number of alkyl halides is 3. The highest BCUT2D eigenvalue weighted by molar-refractivity contribution is 7.92. The van der Waals surface area contributed by atoms with E-state index in [1.165, 1.54) is 36.5 Å². The van der Waals surface area contributed by atoms with Crippen molar-refractivity contribution in [1.29, 1.82) is 0 Å². The van der Waals surface area contributed by atoms with Crippen LogP contribution >= 0.6 is 0 Å². The van der Waals surface area contributed by atoms with Gasteiger partial charge in [-0.25, -0.2) is 8.42 Å². The van der Waals surface area contributed by atoms with E-state index in [1.54, 1.807) is 24.3 Å². The first-order valence-corrected chi connectivity index (χ1v) is 10.5. The van der Waals surface area contributed by atoms with Crippen LogP contribution in [0.2, 0.25) is 0 Å². The van der Waals surface area contributed by atoms with Crippen LogP contribution in [-0.2, 0) is 27.5 Å². The second-order valence-electron chi connectivity index (χ2n) is 6.47. The number of anilines is 1. The quantitative estimate of drug-likeness (QED) is 0.598. The van der Waals surface area contributed by atoms with Crippen LogP contribution in [0.5, 0.6) is 0 Å². The van der Waals surface area contributed by atoms with Crippen molar-refractivity contribution in [3.63, 3.8) is 0 Å². The number of carbonyl (C=O) groups is 1. The van der Waals surface area contributed by atoms with Gasteiger partial charge in [0.25, 0.3) is 10.0 Å². The average molecular weight is 449 g/mol. The van der Waals surface area contributed by atoms with E-state index in [-0.39, 0.29) is 17.1 Å². The molecule has 0 aliphatic carbocycles. The third-order valence-corrected chi connectivity index (χ3v) is 6.06. The fourth-order valence-corrected chi connectivity index (χ4v) is 4.18. The first kappa shape index (κ1) is 22.3. The van der Waals surface area contributed by atoms with Crippen LogP contribution in [-0.4, -0.2) is 25.9 Å². The van der Waals surface area contributed by atoms with Crippen LogP contribution in [0.25, 0.3) is 0 Å². The Balaban J connectivity index is 1.92. The van der Waals surface area contributed by atoms with Crippen LogP contribution in [0.15, 0.2) is 83.9 Å². The molecule has 0 fully saturated rings. The van der Waals surface area contributed by atoms with Gasteiger partial charge >= 0.3 is 6.18 Å². The number of amides is 1. The van der Waals surface area contributed by atoms with Crippen molar-refractivity contribution in [3.8, 4) is 0 Å². The molecule has 1 N–H and O–H groups in total. The van der Waals surface area contributed by atoms with E-state index in [1.807, 2.05) is 0 Å². The minimum absolute atomic E-state index is 0.0431. The van der Waals surface area contributed by atoms with Crippen molar-refractivity contribution in [2.75, 3.05) is 10.8 Å². The van der Waals surface area contributed by atoms with Gasteiger partial charge < -0.3 is 5.32 Å². The first-order valence-electron chi connectivity index (χ1n) is 9.09. The topological polar surface area (TPSA) is 79.4 Å². The summed E-state index contributed by atoms with van der Waals surface area (Å²) in [6.07, 6.45) is -3.13. The number of aromatic nitrogens is 1. The fourth-order valence-electron chi connectivity index (χ4n) is 2.75. The van der Waals surface area contributed by atoms with Crippen molar-refractivity contribution in [3.05, 3.63) is 90.3 Å². The van der Waals surface area contributed by atoms with Gasteiger partial charge in [0.2, 0.25) is 5.91 Å². The monoisotopic (exact) mass is 449 g/mol. The zero-order valence-corrected chi connectivity index (χ0v) is 16.9. The van der Waals surface area contributed by atoms with E-state index in [0.29, 0.717) is 16.1 Å². The molecule has 0 bridgehead atoms. The summed E-state index contributed by atoms with van der Waals surface area (Å²) in [5, 5.41) is 2.54. The Hall–Kier alpha value is -3.40. The smallest absolute Gasteiger partial charge is 0.349 e. The summed E-state index contributed by atoms with van der Waals surface area (Å²) in [6, 6.07) is 16.1. The van der Waals surface area contributed by atoms with Gasteiger partial charge in [-0.1, -0.05) is 30.3 Å². The molecule has 31 heavy (non-hydrogen) atoms. The third kappa shape index (κ3) is 5.60. The number of hydrogen-bond acceptors (Lipinski definition) is 4. The molecule has 0 spiro atoms. The highest BCUT2D eigenvalue weighted by atomic mass is 32.2. The van der Waals surface area contributed by atoms with Gasteiger partial charge in [0.1, 0.15) is 6.54 Å². The lowest BCUT2D eigenvalue weighted by atomic mass is 10.2.